The van der Waals surface area contributed by atoms with Crippen LogP contribution in [0, 0.1) is 5.95 Å². The highest BCUT2D eigenvalue weighted by Gasteiger charge is 2.13. The first-order chi connectivity index (χ1) is 15.5. The summed E-state index contributed by atoms with van der Waals surface area (Å²) in [6.07, 6.45) is 4.92. The largest absolute Gasteiger partial charge is 0.495 e. The van der Waals surface area contributed by atoms with Crippen molar-refractivity contribution < 1.29 is 28.1 Å². The number of halogens is 1. The Labute approximate surface area is 185 Å². The van der Waals surface area contributed by atoms with E-state index in [9.17, 15) is 9.18 Å². The number of anilines is 1. The second-order valence-electron chi connectivity index (χ2n) is 6.58. The number of hydrogen-bond acceptors (Lipinski definition) is 6. The summed E-state index contributed by atoms with van der Waals surface area (Å²) in [6.45, 7) is 0. The lowest BCUT2D eigenvalue weighted by Crippen LogP contribution is -2.13. The van der Waals surface area contributed by atoms with E-state index in [0.29, 0.717) is 28.7 Å². The van der Waals surface area contributed by atoms with Crippen LogP contribution in [-0.2, 0) is 0 Å². The molecule has 2 aromatic carbocycles. The number of ether oxygens (including phenoxy) is 4. The maximum absolute atomic E-state index is 13.0. The van der Waals surface area contributed by atoms with Crippen molar-refractivity contribution in [2.75, 3.05) is 33.8 Å². The van der Waals surface area contributed by atoms with E-state index in [-0.39, 0.29) is 5.56 Å². The van der Waals surface area contributed by atoms with Crippen LogP contribution in [0.2, 0.25) is 0 Å². The van der Waals surface area contributed by atoms with Crippen LogP contribution >= 0.6 is 0 Å². The lowest BCUT2D eigenvalue weighted by Gasteiger charge is -2.13. The van der Waals surface area contributed by atoms with E-state index in [1.54, 1.807) is 33.5 Å². The molecular formula is C24H23FN2O5. The predicted octanol–water partition coefficient (Wildman–Crippen LogP) is 4.68. The third kappa shape index (κ3) is 5.15. The Kier molecular flexibility index (Phi) is 7.28. The zero-order valence-corrected chi connectivity index (χ0v) is 18.1. The Morgan fingerprint density at radius 2 is 1.50 bits per heavy atom. The third-order valence-electron chi connectivity index (χ3n) is 4.62. The van der Waals surface area contributed by atoms with Gasteiger partial charge in [-0.1, -0.05) is 18.2 Å². The van der Waals surface area contributed by atoms with Crippen LogP contribution in [0.25, 0.3) is 12.2 Å². The zero-order valence-electron chi connectivity index (χ0n) is 18.1. The summed E-state index contributed by atoms with van der Waals surface area (Å²) in [5.74, 6) is 0.999. The fourth-order valence-corrected chi connectivity index (χ4v) is 3.02. The number of pyridine rings is 1. The van der Waals surface area contributed by atoms with Gasteiger partial charge in [-0.15, -0.1) is 0 Å². The summed E-state index contributed by atoms with van der Waals surface area (Å²) in [5, 5.41) is 2.77. The molecule has 0 saturated carbocycles. The first-order valence-electron chi connectivity index (χ1n) is 9.58. The molecule has 0 saturated heterocycles. The quantitative estimate of drug-likeness (QED) is 0.407. The smallest absolute Gasteiger partial charge is 0.257 e. The van der Waals surface area contributed by atoms with Gasteiger partial charge in [0, 0.05) is 6.20 Å². The van der Waals surface area contributed by atoms with Gasteiger partial charge in [-0.25, -0.2) is 4.98 Å². The normalized spacial score (nSPS) is 10.7. The Hall–Kier alpha value is -4.07. The third-order valence-corrected chi connectivity index (χ3v) is 4.62. The van der Waals surface area contributed by atoms with Crippen molar-refractivity contribution >= 4 is 23.7 Å². The summed E-state index contributed by atoms with van der Waals surface area (Å²) in [4.78, 5) is 16.0. The molecule has 32 heavy (non-hydrogen) atoms. The lowest BCUT2D eigenvalue weighted by atomic mass is 10.1. The fraction of sp³-hybridized carbons (Fsp3) is 0.167. The Morgan fingerprint density at radius 1 is 0.844 bits per heavy atom. The van der Waals surface area contributed by atoms with Crippen LogP contribution in [0.15, 0.2) is 48.7 Å². The number of carbonyl (C=O) groups is 1. The van der Waals surface area contributed by atoms with Crippen molar-refractivity contribution in [1.29, 1.82) is 0 Å². The minimum Gasteiger partial charge on any atom is -0.495 e. The molecule has 8 heteroatoms. The van der Waals surface area contributed by atoms with Gasteiger partial charge in [0.1, 0.15) is 5.75 Å². The Morgan fingerprint density at radius 3 is 2.06 bits per heavy atom. The van der Waals surface area contributed by atoms with Crippen LogP contribution < -0.4 is 24.3 Å². The summed E-state index contributed by atoms with van der Waals surface area (Å²) in [7, 11) is 6.17. The van der Waals surface area contributed by atoms with Gasteiger partial charge in [0.15, 0.2) is 11.5 Å². The van der Waals surface area contributed by atoms with Crippen molar-refractivity contribution in [3.05, 3.63) is 71.3 Å². The topological polar surface area (TPSA) is 78.9 Å². The SMILES string of the molecule is COc1ccc(C=Cc2cc(OC)c(OC)c(OC)c2)cc1NC(=O)c1ccc(F)nc1. The maximum atomic E-state index is 13.0. The highest BCUT2D eigenvalue weighted by Crippen LogP contribution is 2.38. The van der Waals surface area contributed by atoms with Gasteiger partial charge >= 0.3 is 0 Å². The minimum atomic E-state index is -0.655. The number of rotatable bonds is 8. The van der Waals surface area contributed by atoms with Gasteiger partial charge in [-0.2, -0.15) is 4.39 Å². The van der Waals surface area contributed by atoms with Gasteiger partial charge in [0.2, 0.25) is 11.7 Å². The van der Waals surface area contributed by atoms with Crippen LogP contribution in [0.3, 0.4) is 0 Å². The van der Waals surface area contributed by atoms with Crippen molar-refractivity contribution in [3.8, 4) is 23.0 Å². The van der Waals surface area contributed by atoms with Crippen LogP contribution in [0.4, 0.5) is 10.1 Å². The van der Waals surface area contributed by atoms with Gasteiger partial charge in [0.05, 0.1) is 39.7 Å². The molecule has 3 rings (SSSR count). The highest BCUT2D eigenvalue weighted by atomic mass is 19.1. The molecule has 0 radical (unpaired) electrons. The monoisotopic (exact) mass is 438 g/mol. The molecule has 0 fully saturated rings. The molecule has 3 aromatic rings. The summed E-state index contributed by atoms with van der Waals surface area (Å²) in [5.41, 5.74) is 2.34. The van der Waals surface area contributed by atoms with Crippen molar-refractivity contribution in [2.45, 2.75) is 0 Å². The molecule has 0 bridgehead atoms. The molecule has 1 heterocycles. The minimum absolute atomic E-state index is 0.229. The summed E-state index contributed by atoms with van der Waals surface area (Å²) >= 11 is 0. The summed E-state index contributed by atoms with van der Waals surface area (Å²) in [6, 6.07) is 11.5. The molecule has 1 N–H and O–H groups in total. The highest BCUT2D eigenvalue weighted by molar-refractivity contribution is 6.05. The molecule has 0 aliphatic rings. The molecule has 0 spiro atoms. The van der Waals surface area contributed by atoms with Crippen LogP contribution in [0.1, 0.15) is 21.5 Å². The van der Waals surface area contributed by atoms with E-state index < -0.39 is 11.9 Å². The number of carbonyl (C=O) groups excluding carboxylic acids is 1. The maximum Gasteiger partial charge on any atom is 0.257 e. The Bertz CT molecular complexity index is 1100. The van der Waals surface area contributed by atoms with Crippen molar-refractivity contribution in [1.82, 2.24) is 4.98 Å². The average Bonchev–Trinajstić information content (AvgIpc) is 2.82. The molecule has 0 aliphatic heterocycles. The average molecular weight is 438 g/mol. The molecule has 1 amide bonds. The van der Waals surface area contributed by atoms with E-state index in [1.807, 2.05) is 30.4 Å². The number of hydrogen-bond donors (Lipinski definition) is 1. The number of methoxy groups -OCH3 is 4. The van der Waals surface area contributed by atoms with Crippen molar-refractivity contribution in [2.24, 2.45) is 0 Å². The van der Waals surface area contributed by atoms with E-state index >= 15 is 0 Å². The number of amides is 1. The van der Waals surface area contributed by atoms with E-state index in [2.05, 4.69) is 10.3 Å². The van der Waals surface area contributed by atoms with Gasteiger partial charge in [-0.05, 0) is 47.5 Å². The number of aromatic nitrogens is 1. The molecule has 166 valence electrons. The van der Waals surface area contributed by atoms with E-state index in [1.165, 1.54) is 19.4 Å². The van der Waals surface area contributed by atoms with Crippen LogP contribution in [0.5, 0.6) is 23.0 Å². The van der Waals surface area contributed by atoms with Crippen molar-refractivity contribution in [3.63, 3.8) is 0 Å². The van der Waals surface area contributed by atoms with Gasteiger partial charge < -0.3 is 24.3 Å². The molecule has 0 aliphatic carbocycles. The van der Waals surface area contributed by atoms with Gasteiger partial charge in [-0.3, -0.25) is 4.79 Å². The van der Waals surface area contributed by atoms with Gasteiger partial charge in [0.25, 0.3) is 5.91 Å². The second-order valence-corrected chi connectivity index (χ2v) is 6.58. The molecule has 1 aromatic heterocycles. The molecule has 7 nitrogen and oxygen atoms in total. The number of nitrogens with zero attached hydrogens (tertiary/aromatic N) is 1. The molecular weight excluding hydrogens is 415 g/mol. The first-order valence-corrected chi connectivity index (χ1v) is 9.58. The van der Waals surface area contributed by atoms with E-state index in [4.69, 9.17) is 18.9 Å². The predicted molar refractivity (Wildman–Crippen MR) is 120 cm³/mol. The summed E-state index contributed by atoms with van der Waals surface area (Å²) < 4.78 is 34.5. The molecule has 0 atom stereocenters. The second kappa shape index (κ2) is 10.3. The zero-order chi connectivity index (χ0) is 23.1. The Balaban J connectivity index is 1.87. The van der Waals surface area contributed by atoms with E-state index in [0.717, 1.165) is 17.2 Å². The standard InChI is InChI=1S/C24H23FN2O5/c1-29-19-9-7-15(11-18(19)27-24(28)17-8-10-22(25)26-14-17)5-6-16-12-20(30-2)23(32-4)21(13-16)31-3/h5-14H,1-4H3,(H,27,28). The lowest BCUT2D eigenvalue weighted by molar-refractivity contribution is 0.102. The first kappa shape index (κ1) is 22.6. The number of benzene rings is 2. The fourth-order valence-electron chi connectivity index (χ4n) is 3.02. The number of nitrogens with one attached hydrogen (secondary N) is 1. The van der Waals surface area contributed by atoms with Crippen LogP contribution in [-0.4, -0.2) is 39.3 Å². The molecule has 0 unspecified atom stereocenters.